The number of ether oxygens (including phenoxy) is 1. The molecule has 0 spiro atoms. The summed E-state index contributed by atoms with van der Waals surface area (Å²) >= 11 is 0. The van der Waals surface area contributed by atoms with Gasteiger partial charge in [0.1, 0.15) is 6.61 Å². The van der Waals surface area contributed by atoms with Crippen LogP contribution in [0.5, 0.6) is 5.75 Å². The molecule has 0 aliphatic heterocycles. The number of amides is 2. The van der Waals surface area contributed by atoms with E-state index in [1.807, 2.05) is 0 Å². The van der Waals surface area contributed by atoms with Crippen LogP contribution >= 0.6 is 0 Å². The monoisotopic (exact) mass is 294 g/mol. The van der Waals surface area contributed by atoms with E-state index in [0.29, 0.717) is 6.54 Å². The van der Waals surface area contributed by atoms with Crippen LogP contribution in [0.2, 0.25) is 0 Å². The normalized spacial score (nSPS) is 16.0. The topological polar surface area (TPSA) is 50.4 Å². The number of urea groups is 1. The molecule has 0 bridgehead atoms. The average Bonchev–Trinajstić information content (AvgIpc) is 2.74. The van der Waals surface area contributed by atoms with E-state index in [9.17, 15) is 9.18 Å². The van der Waals surface area contributed by atoms with Gasteiger partial charge in [0.05, 0.1) is 6.54 Å². The second kappa shape index (κ2) is 8.49. The Bertz CT molecular complexity index is 446. The molecular weight excluding hydrogens is 271 g/mol. The highest BCUT2D eigenvalue weighted by atomic mass is 19.1. The van der Waals surface area contributed by atoms with Crippen molar-refractivity contribution in [1.82, 2.24) is 10.6 Å². The lowest BCUT2D eigenvalue weighted by Gasteiger charge is -2.16. The lowest BCUT2D eigenvalue weighted by molar-refractivity contribution is 0.230. The van der Waals surface area contributed by atoms with Gasteiger partial charge in [-0.25, -0.2) is 9.18 Å². The molecule has 21 heavy (non-hydrogen) atoms. The average molecular weight is 294 g/mol. The molecule has 1 aromatic carbocycles. The van der Waals surface area contributed by atoms with Crippen LogP contribution in [0.1, 0.15) is 38.5 Å². The van der Waals surface area contributed by atoms with Crippen LogP contribution in [-0.2, 0) is 0 Å². The number of carbonyl (C=O) groups is 1. The number of para-hydroxylation sites is 1. The van der Waals surface area contributed by atoms with Crippen molar-refractivity contribution < 1.29 is 13.9 Å². The second-order valence-corrected chi connectivity index (χ2v) is 5.37. The maximum atomic E-state index is 13.3. The standard InChI is InChI=1S/C16H23FN2O2/c17-14-9-5-6-10-15(14)21-12-11-18-16(20)19-13-7-3-1-2-4-8-13/h5-6,9-10,13H,1-4,7-8,11-12H2,(H2,18,19,20). The fourth-order valence-electron chi connectivity index (χ4n) is 2.55. The minimum Gasteiger partial charge on any atom is -0.489 e. The Morgan fingerprint density at radius 3 is 2.62 bits per heavy atom. The van der Waals surface area contributed by atoms with Crippen molar-refractivity contribution in [3.63, 3.8) is 0 Å². The van der Waals surface area contributed by atoms with Crippen LogP contribution in [0, 0.1) is 5.82 Å². The van der Waals surface area contributed by atoms with Gasteiger partial charge in [-0.05, 0) is 25.0 Å². The molecule has 5 heteroatoms. The molecule has 0 saturated heterocycles. The zero-order valence-electron chi connectivity index (χ0n) is 12.2. The third-order valence-electron chi connectivity index (χ3n) is 3.67. The Kier molecular flexibility index (Phi) is 6.31. The number of hydrogen-bond donors (Lipinski definition) is 2. The molecule has 1 aromatic rings. The summed E-state index contributed by atoms with van der Waals surface area (Å²) in [5, 5.41) is 5.73. The molecule has 2 N–H and O–H groups in total. The van der Waals surface area contributed by atoms with E-state index in [1.165, 1.54) is 31.7 Å². The first-order valence-corrected chi connectivity index (χ1v) is 7.67. The van der Waals surface area contributed by atoms with E-state index < -0.39 is 0 Å². The highest BCUT2D eigenvalue weighted by Gasteiger charge is 2.14. The van der Waals surface area contributed by atoms with E-state index in [4.69, 9.17) is 4.74 Å². The predicted octanol–water partition coefficient (Wildman–Crippen LogP) is 3.23. The van der Waals surface area contributed by atoms with Crippen molar-refractivity contribution in [3.05, 3.63) is 30.1 Å². The second-order valence-electron chi connectivity index (χ2n) is 5.37. The Hall–Kier alpha value is -1.78. The van der Waals surface area contributed by atoms with Crippen LogP contribution in [0.3, 0.4) is 0 Å². The molecule has 2 rings (SSSR count). The van der Waals surface area contributed by atoms with Gasteiger partial charge in [-0.2, -0.15) is 0 Å². The first-order valence-electron chi connectivity index (χ1n) is 7.67. The smallest absolute Gasteiger partial charge is 0.315 e. The van der Waals surface area contributed by atoms with Crippen molar-refractivity contribution in [3.8, 4) is 5.75 Å². The van der Waals surface area contributed by atoms with Gasteiger partial charge in [0, 0.05) is 6.04 Å². The molecule has 4 nitrogen and oxygen atoms in total. The zero-order chi connectivity index (χ0) is 14.9. The quantitative estimate of drug-likeness (QED) is 0.647. The van der Waals surface area contributed by atoms with Crippen LogP contribution in [0.25, 0.3) is 0 Å². The van der Waals surface area contributed by atoms with E-state index in [0.717, 1.165) is 12.8 Å². The largest absolute Gasteiger partial charge is 0.489 e. The van der Waals surface area contributed by atoms with E-state index in [-0.39, 0.29) is 30.2 Å². The molecule has 0 heterocycles. The molecule has 2 amide bonds. The predicted molar refractivity (Wildman–Crippen MR) is 79.9 cm³/mol. The molecular formula is C16H23FN2O2. The number of rotatable bonds is 5. The van der Waals surface area contributed by atoms with Gasteiger partial charge in [-0.3, -0.25) is 0 Å². The summed E-state index contributed by atoms with van der Waals surface area (Å²) in [6.07, 6.45) is 6.99. The summed E-state index contributed by atoms with van der Waals surface area (Å²) in [5.74, 6) is -0.177. The SMILES string of the molecule is O=C(NCCOc1ccccc1F)NC1CCCCCC1. The molecule has 0 atom stereocenters. The first-order chi connectivity index (χ1) is 10.3. The molecule has 0 radical (unpaired) electrons. The number of hydrogen-bond acceptors (Lipinski definition) is 2. The van der Waals surface area contributed by atoms with Crippen molar-refractivity contribution in [2.75, 3.05) is 13.2 Å². The number of benzene rings is 1. The van der Waals surface area contributed by atoms with Crippen molar-refractivity contribution in [2.45, 2.75) is 44.6 Å². The molecule has 1 saturated carbocycles. The van der Waals surface area contributed by atoms with Crippen molar-refractivity contribution in [1.29, 1.82) is 0 Å². The van der Waals surface area contributed by atoms with E-state index in [2.05, 4.69) is 10.6 Å². The van der Waals surface area contributed by atoms with Gasteiger partial charge in [0.25, 0.3) is 0 Å². The molecule has 1 aliphatic rings. The van der Waals surface area contributed by atoms with Gasteiger partial charge in [-0.1, -0.05) is 37.8 Å². The maximum Gasteiger partial charge on any atom is 0.315 e. The van der Waals surface area contributed by atoms with Crippen LogP contribution in [0.15, 0.2) is 24.3 Å². The summed E-state index contributed by atoms with van der Waals surface area (Å²) in [4.78, 5) is 11.7. The van der Waals surface area contributed by atoms with Gasteiger partial charge in [-0.15, -0.1) is 0 Å². The van der Waals surface area contributed by atoms with Crippen LogP contribution < -0.4 is 15.4 Å². The lowest BCUT2D eigenvalue weighted by atomic mass is 10.1. The molecule has 1 fully saturated rings. The van der Waals surface area contributed by atoms with E-state index >= 15 is 0 Å². The maximum absolute atomic E-state index is 13.3. The first kappa shape index (κ1) is 15.6. The fourth-order valence-corrected chi connectivity index (χ4v) is 2.55. The van der Waals surface area contributed by atoms with E-state index in [1.54, 1.807) is 18.2 Å². The Balaban J connectivity index is 1.62. The minimum atomic E-state index is -0.389. The Morgan fingerprint density at radius 1 is 1.19 bits per heavy atom. The van der Waals surface area contributed by atoms with Gasteiger partial charge in [0.2, 0.25) is 0 Å². The molecule has 116 valence electrons. The summed E-state index contributed by atoms with van der Waals surface area (Å²) in [5.41, 5.74) is 0. The van der Waals surface area contributed by atoms with Gasteiger partial charge >= 0.3 is 6.03 Å². The molecule has 0 aromatic heterocycles. The number of nitrogens with one attached hydrogen (secondary N) is 2. The fraction of sp³-hybridized carbons (Fsp3) is 0.562. The van der Waals surface area contributed by atoms with Crippen LogP contribution in [-0.4, -0.2) is 25.2 Å². The Morgan fingerprint density at radius 2 is 1.90 bits per heavy atom. The summed E-state index contributed by atoms with van der Waals surface area (Å²) in [6.45, 7) is 0.603. The highest BCUT2D eigenvalue weighted by Crippen LogP contribution is 2.17. The lowest BCUT2D eigenvalue weighted by Crippen LogP contribution is -2.43. The summed E-state index contributed by atoms with van der Waals surface area (Å²) in [6, 6.07) is 6.35. The molecule has 0 unspecified atom stereocenters. The van der Waals surface area contributed by atoms with Gasteiger partial charge < -0.3 is 15.4 Å². The number of halogens is 1. The summed E-state index contributed by atoms with van der Waals surface area (Å²) in [7, 11) is 0. The minimum absolute atomic E-state index is 0.168. The van der Waals surface area contributed by atoms with Gasteiger partial charge in [0.15, 0.2) is 11.6 Å². The number of carbonyl (C=O) groups excluding carboxylic acids is 1. The van der Waals surface area contributed by atoms with Crippen molar-refractivity contribution in [2.24, 2.45) is 0 Å². The summed E-state index contributed by atoms with van der Waals surface area (Å²) < 4.78 is 18.6. The third kappa shape index (κ3) is 5.61. The third-order valence-corrected chi connectivity index (χ3v) is 3.67. The van der Waals surface area contributed by atoms with Crippen molar-refractivity contribution >= 4 is 6.03 Å². The highest BCUT2D eigenvalue weighted by molar-refractivity contribution is 5.74. The molecule has 1 aliphatic carbocycles. The van der Waals surface area contributed by atoms with Crippen LogP contribution in [0.4, 0.5) is 9.18 Å². The Labute approximate surface area is 125 Å². The zero-order valence-corrected chi connectivity index (χ0v) is 12.2.